The lowest BCUT2D eigenvalue weighted by Gasteiger charge is -2.11. The molecular formula is C16H24IN7O. The zero-order valence-corrected chi connectivity index (χ0v) is 16.7. The number of aryl methyl sites for hydroxylation is 1. The maximum absolute atomic E-state index is 11.9. The number of guanidine groups is 1. The van der Waals surface area contributed by atoms with Crippen LogP contribution < -0.4 is 16.0 Å². The Morgan fingerprint density at radius 1 is 1.16 bits per heavy atom. The summed E-state index contributed by atoms with van der Waals surface area (Å²) in [7, 11) is 1.83. The third kappa shape index (κ3) is 7.08. The van der Waals surface area contributed by atoms with Gasteiger partial charge >= 0.3 is 0 Å². The molecule has 9 heteroatoms. The molecule has 0 aliphatic carbocycles. The van der Waals surface area contributed by atoms with Crippen LogP contribution in [0, 0.1) is 0 Å². The third-order valence-electron chi connectivity index (χ3n) is 3.27. The van der Waals surface area contributed by atoms with E-state index in [9.17, 15) is 4.79 Å². The summed E-state index contributed by atoms with van der Waals surface area (Å²) >= 11 is 0. The van der Waals surface area contributed by atoms with Crippen LogP contribution in [-0.4, -0.2) is 46.3 Å². The van der Waals surface area contributed by atoms with Gasteiger partial charge in [-0.25, -0.2) is 9.98 Å². The zero-order valence-electron chi connectivity index (χ0n) is 14.4. The van der Waals surface area contributed by atoms with E-state index in [1.165, 1.54) is 6.33 Å². The first-order chi connectivity index (χ1) is 11.7. The lowest BCUT2D eigenvalue weighted by molar-refractivity contribution is 0.0954. The SMILES string of the molecule is CCNC(=NCc1ncnn1C)NCCNC(=O)c1ccccc1.I. The van der Waals surface area contributed by atoms with Crippen molar-refractivity contribution in [1.82, 2.24) is 30.7 Å². The summed E-state index contributed by atoms with van der Waals surface area (Å²) < 4.78 is 1.69. The second-order valence-corrected chi connectivity index (χ2v) is 5.04. The van der Waals surface area contributed by atoms with Crippen LogP contribution in [-0.2, 0) is 13.6 Å². The molecule has 1 aromatic heterocycles. The number of benzene rings is 1. The van der Waals surface area contributed by atoms with E-state index in [1.54, 1.807) is 16.8 Å². The van der Waals surface area contributed by atoms with Gasteiger partial charge in [0.25, 0.3) is 5.91 Å². The quantitative estimate of drug-likeness (QED) is 0.249. The topological polar surface area (TPSA) is 96.2 Å². The molecule has 2 aromatic rings. The fraction of sp³-hybridized carbons (Fsp3) is 0.375. The lowest BCUT2D eigenvalue weighted by Crippen LogP contribution is -2.41. The van der Waals surface area contributed by atoms with Gasteiger partial charge in [0.15, 0.2) is 5.96 Å². The van der Waals surface area contributed by atoms with Gasteiger partial charge in [-0.1, -0.05) is 18.2 Å². The standard InChI is InChI=1S/C16H23N7O.HI/c1-3-17-16(20-11-14-21-12-22-23(14)2)19-10-9-18-15(24)13-7-5-4-6-8-13;/h4-8,12H,3,9-11H2,1-2H3,(H,18,24)(H2,17,19,20);1H. The number of hydrogen-bond acceptors (Lipinski definition) is 4. The molecular weight excluding hydrogens is 433 g/mol. The van der Waals surface area contributed by atoms with Crippen molar-refractivity contribution >= 4 is 35.8 Å². The van der Waals surface area contributed by atoms with Crippen molar-refractivity contribution in [3.05, 3.63) is 48.0 Å². The molecule has 0 saturated heterocycles. The predicted octanol–water partition coefficient (Wildman–Crippen LogP) is 0.918. The van der Waals surface area contributed by atoms with Crippen molar-refractivity contribution < 1.29 is 4.79 Å². The van der Waals surface area contributed by atoms with Gasteiger partial charge in [0.2, 0.25) is 0 Å². The number of amides is 1. The maximum Gasteiger partial charge on any atom is 0.251 e. The molecule has 0 fully saturated rings. The molecule has 0 atom stereocenters. The second kappa shape index (κ2) is 11.4. The molecule has 0 saturated carbocycles. The van der Waals surface area contributed by atoms with Crippen molar-refractivity contribution in [2.24, 2.45) is 12.0 Å². The molecule has 0 radical (unpaired) electrons. The number of carbonyl (C=O) groups is 1. The Kier molecular flexibility index (Phi) is 9.51. The first-order valence-electron chi connectivity index (χ1n) is 7.89. The van der Waals surface area contributed by atoms with E-state index in [0.717, 1.165) is 12.4 Å². The van der Waals surface area contributed by atoms with E-state index < -0.39 is 0 Å². The number of nitrogens with zero attached hydrogens (tertiary/aromatic N) is 4. The first-order valence-corrected chi connectivity index (χ1v) is 7.89. The summed E-state index contributed by atoms with van der Waals surface area (Å²) in [6, 6.07) is 9.14. The molecule has 8 nitrogen and oxygen atoms in total. The number of carbonyl (C=O) groups excluding carboxylic acids is 1. The highest BCUT2D eigenvalue weighted by Gasteiger charge is 2.04. The molecule has 0 spiro atoms. The smallest absolute Gasteiger partial charge is 0.251 e. The van der Waals surface area contributed by atoms with Crippen LogP contribution in [0.5, 0.6) is 0 Å². The monoisotopic (exact) mass is 457 g/mol. The summed E-state index contributed by atoms with van der Waals surface area (Å²) in [5, 5.41) is 13.2. The summed E-state index contributed by atoms with van der Waals surface area (Å²) in [6.07, 6.45) is 1.50. The Bertz CT molecular complexity index is 672. The molecule has 25 heavy (non-hydrogen) atoms. The summed E-state index contributed by atoms with van der Waals surface area (Å²) in [5.74, 6) is 1.37. The average molecular weight is 457 g/mol. The Balaban J connectivity index is 0.00000312. The van der Waals surface area contributed by atoms with Gasteiger partial charge in [-0.05, 0) is 19.1 Å². The Morgan fingerprint density at radius 3 is 2.52 bits per heavy atom. The first kappa shape index (κ1) is 20.9. The van der Waals surface area contributed by atoms with Crippen LogP contribution in [0.3, 0.4) is 0 Å². The van der Waals surface area contributed by atoms with Gasteiger partial charge in [0.1, 0.15) is 18.7 Å². The molecule has 1 amide bonds. The zero-order chi connectivity index (χ0) is 17.2. The van der Waals surface area contributed by atoms with E-state index >= 15 is 0 Å². The maximum atomic E-state index is 11.9. The fourth-order valence-corrected chi connectivity index (χ4v) is 2.00. The highest BCUT2D eigenvalue weighted by Crippen LogP contribution is 1.97. The number of nitrogens with one attached hydrogen (secondary N) is 3. The molecule has 1 aromatic carbocycles. The number of aromatic nitrogens is 3. The van der Waals surface area contributed by atoms with Crippen LogP contribution in [0.1, 0.15) is 23.1 Å². The van der Waals surface area contributed by atoms with E-state index in [0.29, 0.717) is 31.2 Å². The predicted molar refractivity (Wildman–Crippen MR) is 108 cm³/mol. The number of hydrogen-bond donors (Lipinski definition) is 3. The summed E-state index contributed by atoms with van der Waals surface area (Å²) in [4.78, 5) is 20.5. The largest absolute Gasteiger partial charge is 0.357 e. The van der Waals surface area contributed by atoms with Gasteiger partial charge in [-0.2, -0.15) is 5.10 Å². The van der Waals surface area contributed by atoms with E-state index in [1.807, 2.05) is 32.2 Å². The van der Waals surface area contributed by atoms with E-state index in [-0.39, 0.29) is 29.9 Å². The van der Waals surface area contributed by atoms with E-state index in [2.05, 4.69) is 31.0 Å². The average Bonchev–Trinajstić information content (AvgIpc) is 3.02. The highest BCUT2D eigenvalue weighted by molar-refractivity contribution is 14.0. The van der Waals surface area contributed by atoms with Gasteiger partial charge in [-0.3, -0.25) is 9.48 Å². The normalized spacial score (nSPS) is 10.7. The molecule has 136 valence electrons. The van der Waals surface area contributed by atoms with Gasteiger partial charge in [-0.15, -0.1) is 24.0 Å². The summed E-state index contributed by atoms with van der Waals surface area (Å²) in [6.45, 7) is 4.26. The van der Waals surface area contributed by atoms with Crippen molar-refractivity contribution in [2.75, 3.05) is 19.6 Å². The Hall–Kier alpha value is -2.17. The fourth-order valence-electron chi connectivity index (χ4n) is 2.00. The minimum atomic E-state index is -0.0848. The highest BCUT2D eigenvalue weighted by atomic mass is 127. The van der Waals surface area contributed by atoms with Crippen molar-refractivity contribution in [3.63, 3.8) is 0 Å². The number of rotatable bonds is 7. The van der Waals surface area contributed by atoms with Crippen LogP contribution >= 0.6 is 24.0 Å². The van der Waals surface area contributed by atoms with Crippen LogP contribution in [0.15, 0.2) is 41.7 Å². The molecule has 1 heterocycles. The Labute approximate surface area is 164 Å². The van der Waals surface area contributed by atoms with Gasteiger partial charge in [0.05, 0.1) is 0 Å². The summed E-state index contributed by atoms with van der Waals surface area (Å²) in [5.41, 5.74) is 0.653. The van der Waals surface area contributed by atoms with Crippen molar-refractivity contribution in [1.29, 1.82) is 0 Å². The van der Waals surface area contributed by atoms with Gasteiger partial charge < -0.3 is 16.0 Å². The minimum absolute atomic E-state index is 0. The molecule has 0 aliphatic rings. The van der Waals surface area contributed by atoms with Gasteiger partial charge in [0, 0.05) is 32.2 Å². The number of aliphatic imine (C=N–C) groups is 1. The van der Waals surface area contributed by atoms with Crippen LogP contribution in [0.25, 0.3) is 0 Å². The number of halogens is 1. The van der Waals surface area contributed by atoms with Crippen molar-refractivity contribution in [3.8, 4) is 0 Å². The molecule has 0 aliphatic heterocycles. The molecule has 2 rings (SSSR count). The molecule has 0 unspecified atom stereocenters. The lowest BCUT2D eigenvalue weighted by atomic mass is 10.2. The molecule has 0 bridgehead atoms. The molecule has 3 N–H and O–H groups in total. The Morgan fingerprint density at radius 2 is 1.88 bits per heavy atom. The van der Waals surface area contributed by atoms with Crippen molar-refractivity contribution in [2.45, 2.75) is 13.5 Å². The second-order valence-electron chi connectivity index (χ2n) is 5.04. The van der Waals surface area contributed by atoms with E-state index in [4.69, 9.17) is 0 Å². The van der Waals surface area contributed by atoms with Crippen LogP contribution in [0.4, 0.5) is 0 Å². The van der Waals surface area contributed by atoms with Crippen LogP contribution in [0.2, 0.25) is 0 Å². The third-order valence-corrected chi connectivity index (χ3v) is 3.27. The minimum Gasteiger partial charge on any atom is -0.357 e.